The number of hydrogen-bond donors (Lipinski definition) is 2. The Labute approximate surface area is 245 Å². The van der Waals surface area contributed by atoms with Crippen molar-refractivity contribution in [1.29, 1.82) is 5.26 Å². The number of amides is 1. The number of carbonyl (C=O) groups excluding carboxylic acids is 1. The number of likely N-dealkylation sites (tertiary alicyclic amines) is 1. The Hall–Kier alpha value is -4.24. The van der Waals surface area contributed by atoms with Gasteiger partial charge >= 0.3 is 0 Å². The zero-order valence-electron chi connectivity index (χ0n) is 23.6. The van der Waals surface area contributed by atoms with Crippen LogP contribution in [0.3, 0.4) is 0 Å². The molecule has 11 heteroatoms. The van der Waals surface area contributed by atoms with E-state index in [-0.39, 0.29) is 12.0 Å². The molecule has 2 aromatic carbocycles. The van der Waals surface area contributed by atoms with Gasteiger partial charge in [0.2, 0.25) is 0 Å². The maximum Gasteiger partial charge on any atom is 0.251 e. The lowest BCUT2D eigenvalue weighted by atomic mass is 10.1. The minimum atomic E-state index is -1.04. The van der Waals surface area contributed by atoms with Gasteiger partial charge in [0.1, 0.15) is 29.8 Å². The molecule has 0 radical (unpaired) electrons. The van der Waals surface area contributed by atoms with Crippen molar-refractivity contribution in [1.82, 2.24) is 19.8 Å². The topological polar surface area (TPSA) is 127 Å². The summed E-state index contributed by atoms with van der Waals surface area (Å²) in [7, 11) is 0. The molecule has 1 amide bonds. The highest BCUT2D eigenvalue weighted by atomic mass is 16.5. The summed E-state index contributed by atoms with van der Waals surface area (Å²) < 4.78 is 11.4. The van der Waals surface area contributed by atoms with Crippen molar-refractivity contribution in [3.8, 4) is 23.2 Å². The van der Waals surface area contributed by atoms with Gasteiger partial charge in [-0.2, -0.15) is 5.26 Å². The average molecular weight is 570 g/mol. The predicted octanol–water partition coefficient (Wildman–Crippen LogP) is 2.64. The first-order valence-corrected chi connectivity index (χ1v) is 14.4. The second-order valence-corrected chi connectivity index (χ2v) is 11.0. The predicted molar refractivity (Wildman–Crippen MR) is 158 cm³/mol. The summed E-state index contributed by atoms with van der Waals surface area (Å²) in [5, 5.41) is 22.7. The summed E-state index contributed by atoms with van der Waals surface area (Å²) in [4.78, 5) is 27.7. The monoisotopic (exact) mass is 569 g/mol. The molecular weight excluding hydrogens is 534 g/mol. The molecule has 0 saturated carbocycles. The number of nitriles is 1. The zero-order valence-corrected chi connectivity index (χ0v) is 23.6. The molecule has 0 spiro atoms. The summed E-state index contributed by atoms with van der Waals surface area (Å²) in [6.07, 6.45) is 1.04. The standard InChI is InChI=1S/C31H35N7O4/c1-21(39)31(40)38-11-9-27(18-38)42-28-7-2-22(16-23(28)17-32)30-33-10-8-29(35-30)34-24-3-5-25(6-4-24)36-12-14-37(15-13-36)26-19-41-20-26/h2-8,10,16,21,26-27,39H,9,11-15,18-20H2,1H3,(H,33,34,35)/t21-,27+/m0/s1. The molecule has 11 nitrogen and oxygen atoms in total. The fourth-order valence-electron chi connectivity index (χ4n) is 5.58. The maximum atomic E-state index is 12.1. The third kappa shape index (κ3) is 6.16. The Bertz CT molecular complexity index is 1450. The Morgan fingerprint density at radius 3 is 2.60 bits per heavy atom. The third-order valence-electron chi connectivity index (χ3n) is 8.08. The van der Waals surface area contributed by atoms with E-state index in [9.17, 15) is 15.2 Å². The van der Waals surface area contributed by atoms with E-state index in [1.165, 1.54) is 12.6 Å². The van der Waals surface area contributed by atoms with Gasteiger partial charge in [0, 0.05) is 62.3 Å². The molecule has 3 fully saturated rings. The number of nitrogens with zero attached hydrogens (tertiary/aromatic N) is 6. The van der Waals surface area contributed by atoms with Crippen molar-refractivity contribution in [3.63, 3.8) is 0 Å². The van der Waals surface area contributed by atoms with Crippen molar-refractivity contribution >= 4 is 23.1 Å². The quantitative estimate of drug-likeness (QED) is 0.418. The summed E-state index contributed by atoms with van der Waals surface area (Å²) in [6.45, 7) is 8.20. The number of piperazine rings is 1. The highest BCUT2D eigenvalue weighted by Crippen LogP contribution is 2.28. The van der Waals surface area contributed by atoms with Crippen LogP contribution in [0.25, 0.3) is 11.4 Å². The van der Waals surface area contributed by atoms with Crippen LogP contribution in [-0.4, -0.2) is 102 Å². The van der Waals surface area contributed by atoms with E-state index in [0.717, 1.165) is 45.1 Å². The number of nitrogens with one attached hydrogen (secondary N) is 1. The lowest BCUT2D eigenvalue weighted by Crippen LogP contribution is -2.56. The number of aliphatic hydroxyl groups is 1. The number of aliphatic hydroxyl groups excluding tert-OH is 1. The minimum Gasteiger partial charge on any atom is -0.487 e. The van der Waals surface area contributed by atoms with Crippen LogP contribution >= 0.6 is 0 Å². The van der Waals surface area contributed by atoms with Crippen molar-refractivity contribution in [2.24, 2.45) is 0 Å². The lowest BCUT2D eigenvalue weighted by molar-refractivity contribution is -0.138. The van der Waals surface area contributed by atoms with Crippen molar-refractivity contribution in [2.45, 2.75) is 31.6 Å². The van der Waals surface area contributed by atoms with E-state index in [0.29, 0.717) is 54.1 Å². The summed E-state index contributed by atoms with van der Waals surface area (Å²) >= 11 is 0. The number of benzene rings is 2. The Balaban J connectivity index is 1.08. The lowest BCUT2D eigenvalue weighted by Gasteiger charge is -2.43. The number of aromatic nitrogens is 2. The maximum absolute atomic E-state index is 12.1. The molecule has 42 heavy (non-hydrogen) atoms. The fourth-order valence-corrected chi connectivity index (χ4v) is 5.58. The normalized spacial score (nSPS) is 20.1. The van der Waals surface area contributed by atoms with Gasteiger partial charge in [-0.05, 0) is 55.5 Å². The van der Waals surface area contributed by atoms with Crippen LogP contribution in [0.2, 0.25) is 0 Å². The Morgan fingerprint density at radius 1 is 1.12 bits per heavy atom. The summed E-state index contributed by atoms with van der Waals surface area (Å²) in [5.41, 5.74) is 3.20. The van der Waals surface area contributed by atoms with Gasteiger partial charge in [0.25, 0.3) is 5.91 Å². The molecule has 6 rings (SSSR count). The Kier molecular flexibility index (Phi) is 8.19. The second-order valence-electron chi connectivity index (χ2n) is 11.0. The smallest absolute Gasteiger partial charge is 0.251 e. The van der Waals surface area contributed by atoms with E-state index < -0.39 is 6.10 Å². The first-order valence-electron chi connectivity index (χ1n) is 14.4. The molecule has 0 aliphatic carbocycles. The fraction of sp³-hybridized carbons (Fsp3) is 0.419. The van der Waals surface area contributed by atoms with E-state index >= 15 is 0 Å². The van der Waals surface area contributed by atoms with Crippen LogP contribution in [0.15, 0.2) is 54.7 Å². The van der Waals surface area contributed by atoms with Gasteiger partial charge in [-0.3, -0.25) is 9.69 Å². The van der Waals surface area contributed by atoms with E-state index in [4.69, 9.17) is 9.47 Å². The van der Waals surface area contributed by atoms with Gasteiger partial charge < -0.3 is 29.7 Å². The van der Waals surface area contributed by atoms with Gasteiger partial charge in [-0.25, -0.2) is 9.97 Å². The molecule has 1 aromatic heterocycles. The number of ether oxygens (including phenoxy) is 2. The molecule has 3 aliphatic rings. The van der Waals surface area contributed by atoms with Crippen LogP contribution < -0.4 is 15.0 Å². The van der Waals surface area contributed by atoms with E-state index in [1.807, 2.05) is 12.1 Å². The van der Waals surface area contributed by atoms with Crippen LogP contribution in [0.4, 0.5) is 17.2 Å². The van der Waals surface area contributed by atoms with Gasteiger partial charge in [0.15, 0.2) is 5.82 Å². The van der Waals surface area contributed by atoms with Gasteiger partial charge in [0.05, 0.1) is 31.4 Å². The molecule has 3 saturated heterocycles. The molecule has 2 N–H and O–H groups in total. The summed E-state index contributed by atoms with van der Waals surface area (Å²) in [5.74, 6) is 1.28. The van der Waals surface area contributed by atoms with Crippen molar-refractivity contribution in [2.75, 3.05) is 62.7 Å². The number of anilines is 3. The van der Waals surface area contributed by atoms with Crippen LogP contribution in [0.5, 0.6) is 5.75 Å². The highest BCUT2D eigenvalue weighted by molar-refractivity contribution is 5.80. The van der Waals surface area contributed by atoms with Crippen molar-refractivity contribution in [3.05, 3.63) is 60.3 Å². The number of carbonyl (C=O) groups is 1. The largest absolute Gasteiger partial charge is 0.487 e. The SMILES string of the molecule is C[C@H](O)C(=O)N1CC[C@@H](Oc2ccc(-c3nccc(Nc4ccc(N5CCN(C6COC6)CC5)cc4)n3)cc2C#N)C1. The molecule has 0 bridgehead atoms. The summed E-state index contributed by atoms with van der Waals surface area (Å²) in [6, 6.07) is 18.3. The molecule has 3 aliphatic heterocycles. The zero-order chi connectivity index (χ0) is 29.1. The first-order chi connectivity index (χ1) is 20.5. The third-order valence-corrected chi connectivity index (χ3v) is 8.08. The van der Waals surface area contributed by atoms with Crippen LogP contribution in [0, 0.1) is 11.3 Å². The molecule has 218 valence electrons. The highest BCUT2D eigenvalue weighted by Gasteiger charge is 2.30. The first kappa shape index (κ1) is 27.9. The minimum absolute atomic E-state index is 0.243. The molecule has 2 atom stereocenters. The average Bonchev–Trinajstić information content (AvgIpc) is 3.45. The second kappa shape index (κ2) is 12.3. The van der Waals surface area contributed by atoms with Crippen molar-refractivity contribution < 1.29 is 19.4 Å². The van der Waals surface area contributed by atoms with E-state index in [2.05, 4.69) is 55.4 Å². The number of hydrogen-bond acceptors (Lipinski definition) is 10. The number of rotatable bonds is 8. The molecule has 3 aromatic rings. The van der Waals surface area contributed by atoms with Gasteiger partial charge in [-0.15, -0.1) is 0 Å². The molecule has 4 heterocycles. The molecular formula is C31H35N7O4. The van der Waals surface area contributed by atoms with Gasteiger partial charge in [-0.1, -0.05) is 0 Å². The van der Waals surface area contributed by atoms with E-state index in [1.54, 1.807) is 23.2 Å². The Morgan fingerprint density at radius 2 is 1.90 bits per heavy atom. The molecule has 0 unspecified atom stereocenters. The van der Waals surface area contributed by atoms with Crippen LogP contribution in [0.1, 0.15) is 18.9 Å². The van der Waals surface area contributed by atoms with Crippen LogP contribution in [-0.2, 0) is 9.53 Å².